The lowest BCUT2D eigenvalue weighted by Crippen LogP contribution is -2.26. The number of H-pyrrole nitrogens is 1. The van der Waals surface area contributed by atoms with Crippen molar-refractivity contribution in [3.05, 3.63) is 211 Å². The number of esters is 1. The van der Waals surface area contributed by atoms with Gasteiger partial charge in [-0.2, -0.15) is 0 Å². The maximum atomic E-state index is 15.7. The number of nitrogens with one attached hydrogen (secondary N) is 1. The molecule has 0 amide bonds. The van der Waals surface area contributed by atoms with Gasteiger partial charge in [0.05, 0.1) is 16.8 Å². The Morgan fingerprint density at radius 2 is 1.20 bits per heavy atom. The van der Waals surface area contributed by atoms with Gasteiger partial charge in [-0.15, -0.1) is 0 Å². The third kappa shape index (κ3) is 9.54. The van der Waals surface area contributed by atoms with Crippen LogP contribution in [0.5, 0.6) is 5.75 Å². The molecule has 76 heavy (non-hydrogen) atoms. The molecule has 10 rings (SSSR count). The van der Waals surface area contributed by atoms with Crippen molar-refractivity contribution in [3.8, 4) is 29.4 Å². The summed E-state index contributed by atoms with van der Waals surface area (Å²) in [6.07, 6.45) is 1.51. The maximum Gasteiger partial charge on any atom is 0.934 e. The van der Waals surface area contributed by atoms with Crippen LogP contribution in [0.25, 0.3) is 48.7 Å². The lowest BCUT2D eigenvalue weighted by atomic mass is 9.79. The van der Waals surface area contributed by atoms with Gasteiger partial charge in [0.15, 0.2) is 11.4 Å². The van der Waals surface area contributed by atoms with Crippen LogP contribution >= 0.6 is 0 Å². The van der Waals surface area contributed by atoms with Crippen LogP contribution in [0.2, 0.25) is 0 Å². The summed E-state index contributed by atoms with van der Waals surface area (Å²) in [5, 5.41) is 10.1. The number of benzene rings is 8. The number of hydrogen-bond donors (Lipinski definition) is 1. The Bertz CT molecular complexity index is 3970. The molecule has 0 unspecified atom stereocenters. The van der Waals surface area contributed by atoms with Gasteiger partial charge in [-0.1, -0.05) is 144 Å². The zero-order valence-corrected chi connectivity index (χ0v) is 45.8. The lowest BCUT2D eigenvalue weighted by Gasteiger charge is -2.25. The molecule has 9 aromatic rings. The third-order valence-electron chi connectivity index (χ3n) is 15.3. The van der Waals surface area contributed by atoms with E-state index in [4.69, 9.17) is 4.74 Å². The summed E-state index contributed by atoms with van der Waals surface area (Å²) in [5.74, 6) is 13.2. The van der Waals surface area contributed by atoms with E-state index in [-0.39, 0.29) is 23.2 Å². The van der Waals surface area contributed by atoms with Gasteiger partial charge in [0, 0.05) is 41.3 Å². The smallest absolute Gasteiger partial charge is 0.427 e. The van der Waals surface area contributed by atoms with Crippen molar-refractivity contribution < 1.29 is 22.6 Å². The first-order chi connectivity index (χ1) is 36.2. The summed E-state index contributed by atoms with van der Waals surface area (Å²) in [4.78, 5) is 17.4. The second kappa shape index (κ2) is 19.9. The Hall–Kier alpha value is -8.00. The second-order valence-corrected chi connectivity index (χ2v) is 22.7. The van der Waals surface area contributed by atoms with Crippen LogP contribution in [0.4, 0.5) is 8.63 Å². The Kier molecular flexibility index (Phi) is 13.5. The first kappa shape index (κ1) is 51.5. The van der Waals surface area contributed by atoms with E-state index in [1.165, 1.54) is 59.8 Å². The highest BCUT2D eigenvalue weighted by Crippen LogP contribution is 2.46. The van der Waals surface area contributed by atoms with Crippen LogP contribution in [0.1, 0.15) is 135 Å². The van der Waals surface area contributed by atoms with Crippen molar-refractivity contribution in [2.45, 2.75) is 113 Å². The first-order valence-electron chi connectivity index (χ1n) is 26.4. The number of carbonyl (C=O) groups is 1. The van der Waals surface area contributed by atoms with Crippen molar-refractivity contribution in [1.29, 1.82) is 0 Å². The average molecular weight is 1000 g/mol. The predicted octanol–water partition coefficient (Wildman–Crippen LogP) is 16.8. The molecule has 1 aromatic heterocycles. The van der Waals surface area contributed by atoms with Crippen LogP contribution in [0.3, 0.4) is 0 Å². The van der Waals surface area contributed by atoms with E-state index in [0.717, 1.165) is 49.1 Å². The van der Waals surface area contributed by atoms with Crippen LogP contribution in [-0.4, -0.2) is 28.6 Å². The van der Waals surface area contributed by atoms with Crippen LogP contribution in [-0.2, 0) is 22.0 Å². The van der Waals surface area contributed by atoms with Crippen molar-refractivity contribution in [2.75, 3.05) is 0 Å². The van der Waals surface area contributed by atoms with Crippen LogP contribution < -0.4 is 4.74 Å². The van der Waals surface area contributed by atoms with Crippen molar-refractivity contribution in [2.24, 2.45) is 0 Å². The highest BCUT2D eigenvalue weighted by molar-refractivity contribution is 6.36. The summed E-state index contributed by atoms with van der Waals surface area (Å²) >= 11 is 0. The minimum Gasteiger partial charge on any atom is -0.427 e. The molecule has 8 aromatic carbocycles. The number of carbonyl (C=O) groups excluding carboxylic acids is 1. The number of halogens is 2. The number of ether oxygens (including phenoxy) is 1. The Labute approximate surface area is 447 Å². The minimum absolute atomic E-state index is 0.0245. The van der Waals surface area contributed by atoms with Crippen molar-refractivity contribution in [1.82, 2.24) is 4.98 Å². The molecule has 1 aliphatic rings. The van der Waals surface area contributed by atoms with Gasteiger partial charge >= 0.3 is 13.4 Å². The summed E-state index contributed by atoms with van der Waals surface area (Å²) in [6, 6.07) is 43.8. The molecule has 7 heteroatoms. The second-order valence-electron chi connectivity index (χ2n) is 22.7. The topological polar surface area (TPSA) is 45.1 Å². The van der Waals surface area contributed by atoms with E-state index in [2.05, 4.69) is 125 Å². The fourth-order valence-corrected chi connectivity index (χ4v) is 11.4. The fraction of sp³-hybridized carbons (Fsp3) is 0.246. The Morgan fingerprint density at radius 3 is 1.78 bits per heavy atom. The van der Waals surface area contributed by atoms with Gasteiger partial charge in [0.1, 0.15) is 5.75 Å². The molecule has 1 aliphatic heterocycles. The first-order valence-corrected chi connectivity index (χ1v) is 26.4. The molecule has 0 spiro atoms. The minimum atomic E-state index is -2.87. The SMILES string of the molecule is CC1=C(C#Cc2ccccc2)C(C)=[N+](B(F)F)/C1=C(\c1[nH]c(C)c(C#Cc2ccccc2)c1C)c1c(C)cc(OC(=O)CCCc2ccc3c4cc(C(C)(C)C)cc5cc(C(C)(C)C)cc(c6cccc2c63)c54)cc1C. The molecular formula is C69H64BF2N2O2+. The van der Waals surface area contributed by atoms with Gasteiger partial charge in [0.25, 0.3) is 0 Å². The molecule has 4 nitrogen and oxygen atoms in total. The molecule has 0 radical (unpaired) electrons. The number of rotatable bonds is 8. The highest BCUT2D eigenvalue weighted by atomic mass is 19.2. The number of hydrogen-bond acceptors (Lipinski definition) is 2. The van der Waals surface area contributed by atoms with Gasteiger partial charge in [0.2, 0.25) is 0 Å². The number of fused-ring (bicyclic) bond motifs is 2. The molecule has 0 bridgehead atoms. The number of nitrogens with zero attached hydrogens (tertiary/aromatic N) is 1. The monoisotopic (exact) mass is 1000 g/mol. The quantitative estimate of drug-likeness (QED) is 0.0412. The van der Waals surface area contributed by atoms with E-state index < -0.39 is 7.40 Å². The number of aromatic amines is 1. The molecular weight excluding hydrogens is 938 g/mol. The molecule has 0 saturated carbocycles. The van der Waals surface area contributed by atoms with E-state index in [0.29, 0.717) is 52.4 Å². The Balaban J connectivity index is 0.991. The van der Waals surface area contributed by atoms with E-state index >= 15 is 8.63 Å². The lowest BCUT2D eigenvalue weighted by molar-refractivity contribution is -0.343. The molecule has 0 saturated heterocycles. The summed E-state index contributed by atoms with van der Waals surface area (Å²) in [5.41, 5.74) is 13.4. The highest BCUT2D eigenvalue weighted by Gasteiger charge is 2.48. The molecule has 0 atom stereocenters. The van der Waals surface area contributed by atoms with Gasteiger partial charge in [-0.25, -0.2) is 13.1 Å². The standard InChI is InChI=1S/C69H63BF2N2O2/c1-41-35-53(76-61(75)28-19-25-49-31-34-58-60-40-52(69(10,11)12)38-50-37-51(68(7,8)9)39-59(63(50)60)57-27-20-26-56(49)64(57)58)36-42(2)62(41)65(66-43(3)54(45(5)73-66)32-29-47-21-15-13-16-22-47)67-44(4)55(46(6)74(67)70(71)72)33-30-48-23-17-14-18-24-48/h13-18,20-24,26-27,31,34-40H,19,25,28H2,1-12H3/p+1. The van der Waals surface area contributed by atoms with E-state index in [1.807, 2.05) is 107 Å². The zero-order valence-electron chi connectivity index (χ0n) is 45.8. The van der Waals surface area contributed by atoms with Crippen molar-refractivity contribution >= 4 is 67.7 Å². The van der Waals surface area contributed by atoms with Crippen molar-refractivity contribution in [3.63, 3.8) is 0 Å². The van der Waals surface area contributed by atoms with Gasteiger partial charge in [-0.3, -0.25) is 4.79 Å². The van der Waals surface area contributed by atoms with Gasteiger partial charge < -0.3 is 9.72 Å². The largest absolute Gasteiger partial charge is 0.934 e. The Morgan fingerprint density at radius 1 is 0.632 bits per heavy atom. The molecule has 2 heterocycles. The summed E-state index contributed by atoms with van der Waals surface area (Å²) in [6.45, 7) is 25.1. The third-order valence-corrected chi connectivity index (χ3v) is 15.3. The van der Waals surface area contributed by atoms with E-state index in [1.54, 1.807) is 6.92 Å². The number of aromatic nitrogens is 1. The van der Waals surface area contributed by atoms with Crippen LogP contribution in [0.15, 0.2) is 144 Å². The number of aryl methyl sites for hydroxylation is 4. The number of allylic oxidation sites excluding steroid dienone is 2. The average Bonchev–Trinajstić information content (AvgIpc) is 3.88. The molecule has 1 N–H and O–H groups in total. The van der Waals surface area contributed by atoms with Crippen LogP contribution in [0, 0.1) is 51.4 Å². The zero-order chi connectivity index (χ0) is 54.0. The molecule has 0 fully saturated rings. The molecule has 0 aliphatic carbocycles. The van der Waals surface area contributed by atoms with E-state index in [9.17, 15) is 4.79 Å². The summed E-state index contributed by atoms with van der Waals surface area (Å²) in [7, 11) is -2.87. The fourth-order valence-electron chi connectivity index (χ4n) is 11.4. The maximum absolute atomic E-state index is 15.7. The van der Waals surface area contributed by atoms with Gasteiger partial charge in [-0.05, 0) is 189 Å². The predicted molar refractivity (Wildman–Crippen MR) is 313 cm³/mol. The molecule has 378 valence electrons. The normalized spacial score (nSPS) is 13.7. The summed E-state index contributed by atoms with van der Waals surface area (Å²) < 4.78 is 38.6.